The fourth-order valence-corrected chi connectivity index (χ4v) is 3.10. The first kappa shape index (κ1) is 17.4. The highest BCUT2D eigenvalue weighted by atomic mass is 16.5. The Bertz CT molecular complexity index is 666. The van der Waals surface area contributed by atoms with Crippen LogP contribution in [0.5, 0.6) is 0 Å². The van der Waals surface area contributed by atoms with Crippen molar-refractivity contribution >= 4 is 11.7 Å². The van der Waals surface area contributed by atoms with Crippen molar-refractivity contribution in [1.29, 1.82) is 0 Å². The van der Waals surface area contributed by atoms with Crippen LogP contribution in [0.4, 0.5) is 5.82 Å². The Kier molecular flexibility index (Phi) is 5.95. The van der Waals surface area contributed by atoms with Gasteiger partial charge in [-0.1, -0.05) is 30.3 Å². The third-order valence-corrected chi connectivity index (χ3v) is 4.35. The van der Waals surface area contributed by atoms with Gasteiger partial charge in [-0.25, -0.2) is 0 Å². The molecule has 132 valence electrons. The van der Waals surface area contributed by atoms with E-state index in [0.717, 1.165) is 37.4 Å². The second kappa shape index (κ2) is 8.58. The number of carbonyl (C=O) groups excluding carboxylic acids is 1. The molecular weight excluding hydrogens is 316 g/mol. The summed E-state index contributed by atoms with van der Waals surface area (Å²) in [6, 6.07) is 13.6. The summed E-state index contributed by atoms with van der Waals surface area (Å²) in [6.45, 7) is 5.43. The van der Waals surface area contributed by atoms with Crippen LogP contribution in [0.3, 0.4) is 0 Å². The van der Waals surface area contributed by atoms with Gasteiger partial charge < -0.3 is 14.5 Å². The maximum absolute atomic E-state index is 13.0. The molecule has 2 heterocycles. The molecule has 1 amide bonds. The molecule has 0 N–H and O–H groups in total. The summed E-state index contributed by atoms with van der Waals surface area (Å²) in [7, 11) is 0. The normalized spacial score (nSPS) is 16.4. The Balaban J connectivity index is 1.69. The molecule has 1 aromatic heterocycles. The summed E-state index contributed by atoms with van der Waals surface area (Å²) < 4.78 is 5.77. The second-order valence-corrected chi connectivity index (χ2v) is 5.99. The van der Waals surface area contributed by atoms with Gasteiger partial charge in [-0.3, -0.25) is 4.79 Å². The second-order valence-electron chi connectivity index (χ2n) is 5.99. The van der Waals surface area contributed by atoms with Crippen molar-refractivity contribution < 1.29 is 9.53 Å². The van der Waals surface area contributed by atoms with Crippen LogP contribution in [-0.2, 0) is 9.53 Å². The van der Waals surface area contributed by atoms with Crippen LogP contribution in [0.2, 0.25) is 0 Å². The number of nitrogens with zero attached hydrogens (tertiary/aromatic N) is 4. The third kappa shape index (κ3) is 4.33. The lowest BCUT2D eigenvalue weighted by molar-refractivity contribution is -0.143. The van der Waals surface area contributed by atoms with Crippen LogP contribution in [0.1, 0.15) is 25.0 Å². The maximum Gasteiger partial charge on any atom is 0.256 e. The van der Waals surface area contributed by atoms with Gasteiger partial charge >= 0.3 is 0 Å². The van der Waals surface area contributed by atoms with Gasteiger partial charge in [-0.15, -0.1) is 5.10 Å². The van der Waals surface area contributed by atoms with E-state index in [4.69, 9.17) is 4.74 Å². The Morgan fingerprint density at radius 1 is 1.12 bits per heavy atom. The van der Waals surface area contributed by atoms with Crippen LogP contribution in [0, 0.1) is 0 Å². The lowest BCUT2D eigenvalue weighted by atomic mass is 10.1. The molecule has 1 saturated heterocycles. The molecule has 1 aliphatic heterocycles. The SMILES string of the molecule is CCO[C@H](C(=O)N1CCCN(c2cccnn2)CC1)c1ccccc1. The van der Waals surface area contributed by atoms with Gasteiger partial charge in [0, 0.05) is 39.0 Å². The molecule has 25 heavy (non-hydrogen) atoms. The minimum Gasteiger partial charge on any atom is -0.364 e. The third-order valence-electron chi connectivity index (χ3n) is 4.35. The number of aromatic nitrogens is 2. The Labute approximate surface area is 148 Å². The quantitative estimate of drug-likeness (QED) is 0.836. The smallest absolute Gasteiger partial charge is 0.256 e. The summed E-state index contributed by atoms with van der Waals surface area (Å²) in [4.78, 5) is 17.1. The topological polar surface area (TPSA) is 58.6 Å². The lowest BCUT2D eigenvalue weighted by Gasteiger charge is -2.26. The van der Waals surface area contributed by atoms with E-state index in [1.54, 1.807) is 6.20 Å². The van der Waals surface area contributed by atoms with Gasteiger partial charge in [0.1, 0.15) is 0 Å². The predicted octanol–water partition coefficient (Wildman–Crippen LogP) is 2.29. The zero-order valence-corrected chi connectivity index (χ0v) is 14.5. The first-order valence-corrected chi connectivity index (χ1v) is 8.77. The highest BCUT2D eigenvalue weighted by molar-refractivity contribution is 5.82. The number of hydrogen-bond donors (Lipinski definition) is 0. The first-order valence-electron chi connectivity index (χ1n) is 8.77. The lowest BCUT2D eigenvalue weighted by Crippen LogP contribution is -2.39. The number of hydrogen-bond acceptors (Lipinski definition) is 5. The largest absolute Gasteiger partial charge is 0.364 e. The summed E-state index contributed by atoms with van der Waals surface area (Å²) >= 11 is 0. The van der Waals surface area contributed by atoms with Gasteiger partial charge in [-0.2, -0.15) is 5.10 Å². The van der Waals surface area contributed by atoms with Gasteiger partial charge in [0.05, 0.1) is 0 Å². The number of rotatable bonds is 5. The van der Waals surface area contributed by atoms with Gasteiger partial charge in [0.2, 0.25) is 0 Å². The number of ether oxygens (including phenoxy) is 1. The average Bonchev–Trinajstić information content (AvgIpc) is 2.93. The van der Waals surface area contributed by atoms with Crippen molar-refractivity contribution in [3.05, 3.63) is 54.2 Å². The van der Waals surface area contributed by atoms with E-state index < -0.39 is 6.10 Å². The monoisotopic (exact) mass is 340 g/mol. The Morgan fingerprint density at radius 2 is 1.96 bits per heavy atom. The van der Waals surface area contributed by atoms with Crippen molar-refractivity contribution in [2.45, 2.75) is 19.4 Å². The number of benzene rings is 1. The van der Waals surface area contributed by atoms with Crippen LogP contribution < -0.4 is 4.90 Å². The molecule has 6 heteroatoms. The van der Waals surface area contributed by atoms with E-state index in [1.165, 1.54) is 0 Å². The zero-order chi connectivity index (χ0) is 17.5. The molecule has 1 aromatic carbocycles. The fraction of sp³-hybridized carbons (Fsp3) is 0.421. The first-order chi connectivity index (χ1) is 12.3. The molecule has 0 unspecified atom stereocenters. The van der Waals surface area contributed by atoms with Gasteiger partial charge in [0.25, 0.3) is 5.91 Å². The van der Waals surface area contributed by atoms with Crippen LogP contribution >= 0.6 is 0 Å². The van der Waals surface area contributed by atoms with Crippen LogP contribution in [0.15, 0.2) is 48.7 Å². The zero-order valence-electron chi connectivity index (χ0n) is 14.5. The molecule has 0 spiro atoms. The number of anilines is 1. The van der Waals surface area contributed by atoms with Crippen molar-refractivity contribution in [3.8, 4) is 0 Å². The van der Waals surface area contributed by atoms with E-state index in [-0.39, 0.29) is 5.91 Å². The maximum atomic E-state index is 13.0. The summed E-state index contributed by atoms with van der Waals surface area (Å²) in [5.74, 6) is 0.898. The highest BCUT2D eigenvalue weighted by Gasteiger charge is 2.28. The van der Waals surface area contributed by atoms with Crippen molar-refractivity contribution in [3.63, 3.8) is 0 Å². The molecular formula is C19H24N4O2. The minimum absolute atomic E-state index is 0.0362. The Morgan fingerprint density at radius 3 is 2.68 bits per heavy atom. The standard InChI is InChI=1S/C19H24N4O2/c1-2-25-18(16-8-4-3-5-9-16)19(24)23-13-7-12-22(14-15-23)17-10-6-11-20-21-17/h3-6,8-11,18H,2,7,12-15H2,1H3/t18-/m0/s1. The minimum atomic E-state index is -0.533. The summed E-state index contributed by atoms with van der Waals surface area (Å²) in [5.41, 5.74) is 0.907. The van der Waals surface area contributed by atoms with E-state index in [0.29, 0.717) is 13.2 Å². The highest BCUT2D eigenvalue weighted by Crippen LogP contribution is 2.21. The van der Waals surface area contributed by atoms with Crippen molar-refractivity contribution in [1.82, 2.24) is 15.1 Å². The molecule has 1 atom stereocenters. The molecule has 0 aliphatic carbocycles. The van der Waals surface area contributed by atoms with Crippen molar-refractivity contribution in [2.24, 2.45) is 0 Å². The number of carbonyl (C=O) groups is 1. The molecule has 3 rings (SSSR count). The average molecular weight is 340 g/mol. The molecule has 1 aliphatic rings. The molecule has 0 bridgehead atoms. The summed E-state index contributed by atoms with van der Waals surface area (Å²) in [5, 5.41) is 8.12. The predicted molar refractivity (Wildman–Crippen MR) is 96.3 cm³/mol. The van der Waals surface area contributed by atoms with Gasteiger partial charge in [-0.05, 0) is 31.0 Å². The Hall–Kier alpha value is -2.47. The number of amides is 1. The van der Waals surface area contributed by atoms with Crippen LogP contribution in [-0.4, -0.2) is 53.8 Å². The van der Waals surface area contributed by atoms with E-state index >= 15 is 0 Å². The van der Waals surface area contributed by atoms with Crippen molar-refractivity contribution in [2.75, 3.05) is 37.7 Å². The fourth-order valence-electron chi connectivity index (χ4n) is 3.10. The molecule has 6 nitrogen and oxygen atoms in total. The van der Waals surface area contributed by atoms with Crippen LogP contribution in [0.25, 0.3) is 0 Å². The molecule has 0 radical (unpaired) electrons. The van der Waals surface area contributed by atoms with Gasteiger partial charge in [0.15, 0.2) is 11.9 Å². The molecule has 0 saturated carbocycles. The van der Waals surface area contributed by atoms with E-state index in [9.17, 15) is 4.79 Å². The summed E-state index contributed by atoms with van der Waals surface area (Å²) in [6.07, 6.45) is 2.04. The molecule has 1 fully saturated rings. The van der Waals surface area contributed by atoms with E-state index in [1.807, 2.05) is 54.3 Å². The molecule has 2 aromatic rings. The van der Waals surface area contributed by atoms with E-state index in [2.05, 4.69) is 15.1 Å².